The monoisotopic (exact) mass is 275 g/mol. The number of fused-ring (bicyclic) bond motifs is 3. The van der Waals surface area contributed by atoms with Gasteiger partial charge in [-0.2, -0.15) is 5.10 Å². The molecule has 0 saturated carbocycles. The van der Waals surface area contributed by atoms with Gasteiger partial charge in [-0.15, -0.1) is 0 Å². The van der Waals surface area contributed by atoms with Crippen LogP contribution in [-0.2, 0) is 13.0 Å². The smallest absolute Gasteiger partial charge is 0.0695 e. The minimum atomic E-state index is 0.823. The topological polar surface area (TPSA) is 40.7 Å². The van der Waals surface area contributed by atoms with Crippen molar-refractivity contribution in [2.75, 3.05) is 7.05 Å². The molecule has 0 aliphatic heterocycles. The van der Waals surface area contributed by atoms with E-state index in [9.17, 15) is 0 Å². The Hall–Kier alpha value is -2.39. The second kappa shape index (κ2) is 4.86. The highest BCUT2D eigenvalue weighted by Crippen LogP contribution is 2.38. The largest absolute Gasteiger partial charge is 0.316 e. The summed E-state index contributed by atoms with van der Waals surface area (Å²) in [6.07, 6.45) is 2.92. The van der Waals surface area contributed by atoms with Crippen LogP contribution in [0.3, 0.4) is 0 Å². The van der Waals surface area contributed by atoms with Crippen LogP contribution < -0.4 is 5.32 Å². The first-order valence-electron chi connectivity index (χ1n) is 7.25. The molecule has 0 amide bonds. The van der Waals surface area contributed by atoms with Gasteiger partial charge in [-0.25, -0.2) is 0 Å². The van der Waals surface area contributed by atoms with Gasteiger partial charge in [0, 0.05) is 17.7 Å². The van der Waals surface area contributed by atoms with E-state index >= 15 is 0 Å². The number of H-pyrrole nitrogens is 1. The van der Waals surface area contributed by atoms with Gasteiger partial charge < -0.3 is 5.32 Å². The highest BCUT2D eigenvalue weighted by Gasteiger charge is 2.19. The van der Waals surface area contributed by atoms with Crippen molar-refractivity contribution in [1.29, 1.82) is 0 Å². The summed E-state index contributed by atoms with van der Waals surface area (Å²) in [5, 5.41) is 10.5. The lowest BCUT2D eigenvalue weighted by molar-refractivity contribution is 0.820. The Labute approximate surface area is 124 Å². The SMILES string of the molecule is CNCc1cn[nH]c1-c1ccc2c(c1)Cc1ccccc1-2. The Morgan fingerprint density at radius 3 is 2.86 bits per heavy atom. The summed E-state index contributed by atoms with van der Waals surface area (Å²) in [6.45, 7) is 0.823. The lowest BCUT2D eigenvalue weighted by Crippen LogP contribution is -2.05. The van der Waals surface area contributed by atoms with E-state index in [2.05, 4.69) is 58.0 Å². The molecule has 0 saturated heterocycles. The fraction of sp³-hybridized carbons (Fsp3) is 0.167. The van der Waals surface area contributed by atoms with Crippen LogP contribution in [0.25, 0.3) is 22.4 Å². The van der Waals surface area contributed by atoms with Crippen LogP contribution in [0.15, 0.2) is 48.7 Å². The first-order chi connectivity index (χ1) is 10.4. The fourth-order valence-corrected chi connectivity index (χ4v) is 3.19. The molecule has 1 aromatic heterocycles. The van der Waals surface area contributed by atoms with Crippen molar-refractivity contribution in [1.82, 2.24) is 15.5 Å². The molecule has 104 valence electrons. The molecule has 0 atom stereocenters. The molecule has 3 nitrogen and oxygen atoms in total. The van der Waals surface area contributed by atoms with Crippen molar-refractivity contribution in [3.05, 3.63) is 65.4 Å². The van der Waals surface area contributed by atoms with Crippen LogP contribution in [0.4, 0.5) is 0 Å². The number of nitrogens with one attached hydrogen (secondary N) is 2. The van der Waals surface area contributed by atoms with E-state index in [4.69, 9.17) is 0 Å². The van der Waals surface area contributed by atoms with Crippen molar-refractivity contribution in [3.8, 4) is 22.4 Å². The predicted octanol–water partition coefficient (Wildman–Crippen LogP) is 3.37. The third-order valence-electron chi connectivity index (χ3n) is 4.17. The van der Waals surface area contributed by atoms with Crippen LogP contribution in [0.5, 0.6) is 0 Å². The number of aromatic amines is 1. The Morgan fingerprint density at radius 1 is 1.10 bits per heavy atom. The van der Waals surface area contributed by atoms with E-state index in [1.165, 1.54) is 33.4 Å². The zero-order valence-corrected chi connectivity index (χ0v) is 12.0. The zero-order chi connectivity index (χ0) is 14.2. The highest BCUT2D eigenvalue weighted by molar-refractivity contribution is 5.80. The van der Waals surface area contributed by atoms with Crippen molar-refractivity contribution < 1.29 is 0 Å². The number of rotatable bonds is 3. The fourth-order valence-electron chi connectivity index (χ4n) is 3.19. The van der Waals surface area contributed by atoms with Gasteiger partial charge in [-0.1, -0.05) is 36.4 Å². The van der Waals surface area contributed by atoms with Gasteiger partial charge in [-0.05, 0) is 41.8 Å². The average molecular weight is 275 g/mol. The number of hydrogen-bond donors (Lipinski definition) is 2. The lowest BCUT2D eigenvalue weighted by Gasteiger charge is -2.06. The molecule has 3 aromatic rings. The molecule has 21 heavy (non-hydrogen) atoms. The van der Waals surface area contributed by atoms with Crippen molar-refractivity contribution in [2.45, 2.75) is 13.0 Å². The van der Waals surface area contributed by atoms with Crippen molar-refractivity contribution in [2.24, 2.45) is 0 Å². The normalized spacial score (nSPS) is 12.2. The second-order valence-corrected chi connectivity index (χ2v) is 5.51. The minimum absolute atomic E-state index is 0.823. The summed E-state index contributed by atoms with van der Waals surface area (Å²) < 4.78 is 0. The molecular formula is C18H17N3. The minimum Gasteiger partial charge on any atom is -0.316 e. The van der Waals surface area contributed by atoms with Crippen LogP contribution in [0.2, 0.25) is 0 Å². The Bertz CT molecular complexity index is 802. The summed E-state index contributed by atoms with van der Waals surface area (Å²) in [6, 6.07) is 15.4. The molecular weight excluding hydrogens is 258 g/mol. The third-order valence-corrected chi connectivity index (χ3v) is 4.17. The first kappa shape index (κ1) is 12.4. The van der Waals surface area contributed by atoms with Crippen LogP contribution in [0, 0.1) is 0 Å². The Balaban J connectivity index is 1.78. The van der Waals surface area contributed by atoms with Gasteiger partial charge in [-0.3, -0.25) is 5.10 Å². The standard InChI is InChI=1S/C18H17N3/c1-19-10-15-11-20-21-18(15)13-6-7-17-14(9-13)8-12-4-2-3-5-16(12)17/h2-7,9,11,19H,8,10H2,1H3,(H,20,21). The molecule has 1 aliphatic rings. The van der Waals surface area contributed by atoms with Crippen LogP contribution >= 0.6 is 0 Å². The summed E-state index contributed by atoms with van der Waals surface area (Å²) in [4.78, 5) is 0. The molecule has 1 aliphatic carbocycles. The van der Waals surface area contributed by atoms with E-state index in [1.54, 1.807) is 0 Å². The Kier molecular flexibility index (Phi) is 2.86. The Morgan fingerprint density at radius 2 is 1.95 bits per heavy atom. The van der Waals surface area contributed by atoms with Gasteiger partial charge in [0.05, 0.1) is 11.9 Å². The molecule has 1 heterocycles. The summed E-state index contributed by atoms with van der Waals surface area (Å²) in [5.41, 5.74) is 9.09. The van der Waals surface area contributed by atoms with Gasteiger partial charge in [0.25, 0.3) is 0 Å². The zero-order valence-electron chi connectivity index (χ0n) is 12.0. The highest BCUT2D eigenvalue weighted by atomic mass is 15.1. The molecule has 0 fully saturated rings. The average Bonchev–Trinajstić information content (AvgIpc) is 3.10. The molecule has 2 N–H and O–H groups in total. The van der Waals surface area contributed by atoms with Crippen LogP contribution in [-0.4, -0.2) is 17.2 Å². The first-order valence-corrected chi connectivity index (χ1v) is 7.25. The lowest BCUT2D eigenvalue weighted by atomic mass is 10.0. The molecule has 3 heteroatoms. The number of nitrogens with zero attached hydrogens (tertiary/aromatic N) is 1. The molecule has 2 aromatic carbocycles. The summed E-state index contributed by atoms with van der Waals surface area (Å²) in [7, 11) is 1.95. The number of aromatic nitrogens is 2. The maximum absolute atomic E-state index is 4.19. The van der Waals surface area contributed by atoms with Gasteiger partial charge >= 0.3 is 0 Å². The van der Waals surface area contributed by atoms with Gasteiger partial charge in [0.2, 0.25) is 0 Å². The molecule has 0 bridgehead atoms. The van der Waals surface area contributed by atoms with Gasteiger partial charge in [0.15, 0.2) is 0 Å². The second-order valence-electron chi connectivity index (χ2n) is 5.51. The summed E-state index contributed by atoms with van der Waals surface area (Å²) in [5.74, 6) is 0. The number of hydrogen-bond acceptors (Lipinski definition) is 2. The molecule has 0 radical (unpaired) electrons. The third kappa shape index (κ3) is 1.98. The van der Waals surface area contributed by atoms with E-state index in [0.29, 0.717) is 0 Å². The maximum Gasteiger partial charge on any atom is 0.0695 e. The number of benzene rings is 2. The van der Waals surface area contributed by atoms with E-state index < -0.39 is 0 Å². The van der Waals surface area contributed by atoms with Crippen molar-refractivity contribution >= 4 is 0 Å². The molecule has 4 rings (SSSR count). The quantitative estimate of drug-likeness (QED) is 0.602. The maximum atomic E-state index is 4.19. The van der Waals surface area contributed by atoms with E-state index in [0.717, 1.165) is 18.7 Å². The molecule has 0 unspecified atom stereocenters. The molecule has 0 spiro atoms. The van der Waals surface area contributed by atoms with Crippen molar-refractivity contribution in [3.63, 3.8) is 0 Å². The van der Waals surface area contributed by atoms with Gasteiger partial charge in [0.1, 0.15) is 0 Å². The predicted molar refractivity (Wildman–Crippen MR) is 85.0 cm³/mol. The summed E-state index contributed by atoms with van der Waals surface area (Å²) >= 11 is 0. The van der Waals surface area contributed by atoms with E-state index in [1.807, 2.05) is 13.2 Å². The van der Waals surface area contributed by atoms with Crippen LogP contribution in [0.1, 0.15) is 16.7 Å². The van der Waals surface area contributed by atoms with E-state index in [-0.39, 0.29) is 0 Å².